The van der Waals surface area contributed by atoms with E-state index in [0.29, 0.717) is 23.2 Å². The first-order valence-electron chi connectivity index (χ1n) is 8.66. The molecule has 0 radical (unpaired) electrons. The molecule has 2 aliphatic carbocycles. The third kappa shape index (κ3) is 4.20. The summed E-state index contributed by atoms with van der Waals surface area (Å²) in [7, 11) is 0. The first-order chi connectivity index (χ1) is 12.2. The van der Waals surface area contributed by atoms with Crippen molar-refractivity contribution in [3.63, 3.8) is 0 Å². The lowest BCUT2D eigenvalue weighted by atomic mass is 9.86. The van der Waals surface area contributed by atoms with Crippen LogP contribution in [0, 0.1) is 23.6 Å². The molecule has 25 heavy (non-hydrogen) atoms. The fourth-order valence-corrected chi connectivity index (χ4v) is 5.80. The lowest BCUT2D eigenvalue weighted by Crippen LogP contribution is -2.20. The summed E-state index contributed by atoms with van der Waals surface area (Å²) in [6, 6.07) is 6.44. The van der Waals surface area contributed by atoms with Crippen LogP contribution >= 0.6 is 23.1 Å². The van der Waals surface area contributed by atoms with Crippen LogP contribution in [0.1, 0.15) is 37.7 Å². The maximum absolute atomic E-state index is 12.9. The number of benzene rings is 1. The Kier molecular flexibility index (Phi) is 5.03. The Labute approximate surface area is 154 Å². The number of aromatic nitrogens is 2. The molecule has 3 atom stereocenters. The number of halogens is 1. The maximum atomic E-state index is 12.9. The Hall–Kier alpha value is -1.47. The molecule has 0 aliphatic heterocycles. The van der Waals surface area contributed by atoms with Crippen molar-refractivity contribution in [2.45, 2.75) is 42.2 Å². The van der Waals surface area contributed by atoms with Gasteiger partial charge in [0.05, 0.1) is 0 Å². The van der Waals surface area contributed by atoms with E-state index in [1.807, 2.05) is 0 Å². The highest BCUT2D eigenvalue weighted by molar-refractivity contribution is 8.00. The first-order valence-corrected chi connectivity index (χ1v) is 10.5. The Morgan fingerprint density at radius 3 is 2.80 bits per heavy atom. The van der Waals surface area contributed by atoms with Gasteiger partial charge in [0.15, 0.2) is 4.34 Å². The van der Waals surface area contributed by atoms with Crippen molar-refractivity contribution < 1.29 is 9.18 Å². The second kappa shape index (κ2) is 7.41. The van der Waals surface area contributed by atoms with E-state index in [1.165, 1.54) is 49.2 Å². The van der Waals surface area contributed by atoms with Gasteiger partial charge in [0, 0.05) is 12.2 Å². The zero-order valence-electron chi connectivity index (χ0n) is 13.8. The SMILES string of the molecule is O=C(C[C@@H]1C[C@@H]2CC[C@H]1C2)Nc1nnc(SCc2ccc(F)cc2)s1. The van der Waals surface area contributed by atoms with Crippen molar-refractivity contribution in [1.29, 1.82) is 0 Å². The molecule has 1 N–H and O–H groups in total. The normalized spacial score (nSPS) is 24.6. The van der Waals surface area contributed by atoms with Crippen molar-refractivity contribution in [2.75, 3.05) is 5.32 Å². The molecule has 2 aliphatic rings. The van der Waals surface area contributed by atoms with Gasteiger partial charge in [0.25, 0.3) is 0 Å². The molecule has 132 valence electrons. The van der Waals surface area contributed by atoms with Crippen molar-refractivity contribution in [2.24, 2.45) is 17.8 Å². The molecule has 0 unspecified atom stereocenters. The molecule has 2 saturated carbocycles. The van der Waals surface area contributed by atoms with Crippen LogP contribution in [0.4, 0.5) is 9.52 Å². The molecule has 2 fully saturated rings. The second-order valence-corrected chi connectivity index (χ2v) is 9.18. The predicted molar refractivity (Wildman–Crippen MR) is 98.1 cm³/mol. The number of thioether (sulfide) groups is 1. The van der Waals surface area contributed by atoms with Crippen molar-refractivity contribution >= 4 is 34.1 Å². The average molecular weight is 378 g/mol. The van der Waals surface area contributed by atoms with E-state index in [0.717, 1.165) is 21.7 Å². The van der Waals surface area contributed by atoms with E-state index in [9.17, 15) is 9.18 Å². The summed E-state index contributed by atoms with van der Waals surface area (Å²) < 4.78 is 13.7. The third-order valence-electron chi connectivity index (χ3n) is 5.26. The number of amides is 1. The van der Waals surface area contributed by atoms with Gasteiger partial charge >= 0.3 is 0 Å². The fourth-order valence-electron chi connectivity index (χ4n) is 4.08. The minimum atomic E-state index is -0.231. The van der Waals surface area contributed by atoms with Crippen LogP contribution in [-0.4, -0.2) is 16.1 Å². The van der Waals surface area contributed by atoms with E-state index in [-0.39, 0.29) is 11.7 Å². The molecule has 1 amide bonds. The molecule has 1 heterocycles. The third-order valence-corrected chi connectivity index (χ3v) is 7.30. The number of anilines is 1. The van der Waals surface area contributed by atoms with Crippen LogP contribution in [0.2, 0.25) is 0 Å². The number of hydrogen-bond donors (Lipinski definition) is 1. The molecule has 1 aromatic heterocycles. The Bertz CT molecular complexity index is 749. The Balaban J connectivity index is 1.26. The largest absolute Gasteiger partial charge is 0.300 e. The van der Waals surface area contributed by atoms with Gasteiger partial charge < -0.3 is 5.32 Å². The predicted octanol–water partition coefficient (Wildman–Crippen LogP) is 4.73. The summed E-state index contributed by atoms with van der Waals surface area (Å²) >= 11 is 2.93. The van der Waals surface area contributed by atoms with Crippen LogP contribution in [0.3, 0.4) is 0 Å². The van der Waals surface area contributed by atoms with Crippen molar-refractivity contribution in [3.05, 3.63) is 35.6 Å². The fraction of sp³-hybridized carbons (Fsp3) is 0.500. The smallest absolute Gasteiger partial charge is 0.226 e. The molecular formula is C18H20FN3OS2. The molecule has 2 aromatic rings. The van der Waals surface area contributed by atoms with Crippen LogP contribution in [0.25, 0.3) is 0 Å². The summed E-state index contributed by atoms with van der Waals surface area (Å²) in [5, 5.41) is 11.6. The number of fused-ring (bicyclic) bond motifs is 2. The highest BCUT2D eigenvalue weighted by Crippen LogP contribution is 2.49. The molecule has 0 saturated heterocycles. The van der Waals surface area contributed by atoms with E-state index in [4.69, 9.17) is 0 Å². The Morgan fingerprint density at radius 1 is 1.24 bits per heavy atom. The highest BCUT2D eigenvalue weighted by Gasteiger charge is 2.40. The van der Waals surface area contributed by atoms with Gasteiger partial charge in [-0.1, -0.05) is 41.7 Å². The number of carbonyl (C=O) groups excluding carboxylic acids is 1. The van der Waals surface area contributed by atoms with Gasteiger partial charge in [-0.25, -0.2) is 4.39 Å². The van der Waals surface area contributed by atoms with E-state index in [2.05, 4.69) is 15.5 Å². The lowest BCUT2D eigenvalue weighted by Gasteiger charge is -2.20. The number of rotatable bonds is 6. The summed E-state index contributed by atoms with van der Waals surface area (Å²) in [4.78, 5) is 12.3. The number of carbonyl (C=O) groups is 1. The number of nitrogens with one attached hydrogen (secondary N) is 1. The zero-order valence-corrected chi connectivity index (χ0v) is 15.4. The van der Waals surface area contributed by atoms with Crippen molar-refractivity contribution in [3.8, 4) is 0 Å². The van der Waals surface area contributed by atoms with Gasteiger partial charge in [-0.05, 0) is 54.7 Å². The summed E-state index contributed by atoms with van der Waals surface area (Å²) in [5.41, 5.74) is 1.03. The maximum Gasteiger partial charge on any atom is 0.226 e. The topological polar surface area (TPSA) is 54.9 Å². The van der Waals surface area contributed by atoms with E-state index >= 15 is 0 Å². The summed E-state index contributed by atoms with van der Waals surface area (Å²) in [6.45, 7) is 0. The van der Waals surface area contributed by atoms with Gasteiger partial charge in [-0.2, -0.15) is 0 Å². The van der Waals surface area contributed by atoms with Crippen LogP contribution < -0.4 is 5.32 Å². The van der Waals surface area contributed by atoms with E-state index < -0.39 is 0 Å². The number of hydrogen-bond acceptors (Lipinski definition) is 5. The van der Waals surface area contributed by atoms with E-state index in [1.54, 1.807) is 23.9 Å². The highest BCUT2D eigenvalue weighted by atomic mass is 32.2. The second-order valence-electron chi connectivity index (χ2n) is 6.98. The summed E-state index contributed by atoms with van der Waals surface area (Å²) in [6.07, 6.45) is 5.80. The lowest BCUT2D eigenvalue weighted by molar-refractivity contribution is -0.117. The van der Waals surface area contributed by atoms with Crippen LogP contribution in [0.15, 0.2) is 28.6 Å². The standard InChI is InChI=1S/C18H20FN3OS2/c19-15-5-2-11(3-6-15)10-24-18-22-21-17(25-18)20-16(23)9-14-8-12-1-4-13(14)7-12/h2-3,5-6,12-14H,1,4,7-10H2,(H,20,21,23)/t12-,13+,14+/m1/s1. The van der Waals surface area contributed by atoms with Crippen molar-refractivity contribution in [1.82, 2.24) is 10.2 Å². The quantitative estimate of drug-likeness (QED) is 0.584. The minimum Gasteiger partial charge on any atom is -0.300 e. The summed E-state index contributed by atoms with van der Waals surface area (Å²) in [5.74, 6) is 2.70. The molecule has 1 aromatic carbocycles. The zero-order chi connectivity index (χ0) is 17.2. The van der Waals surface area contributed by atoms with Gasteiger partial charge in [-0.15, -0.1) is 10.2 Å². The monoisotopic (exact) mass is 377 g/mol. The van der Waals surface area contributed by atoms with Crippen LogP contribution in [0.5, 0.6) is 0 Å². The van der Waals surface area contributed by atoms with Gasteiger partial charge in [0.2, 0.25) is 11.0 Å². The molecule has 2 bridgehead atoms. The number of nitrogens with zero attached hydrogens (tertiary/aromatic N) is 2. The first kappa shape index (κ1) is 17.0. The molecule has 4 nitrogen and oxygen atoms in total. The van der Waals surface area contributed by atoms with Gasteiger partial charge in [0.1, 0.15) is 5.82 Å². The average Bonchev–Trinajstić information content (AvgIpc) is 3.31. The molecule has 0 spiro atoms. The molecular weight excluding hydrogens is 357 g/mol. The van der Waals surface area contributed by atoms with Gasteiger partial charge in [-0.3, -0.25) is 4.79 Å². The molecule has 4 rings (SSSR count). The minimum absolute atomic E-state index is 0.0591. The molecule has 7 heteroatoms. The Morgan fingerprint density at radius 2 is 2.08 bits per heavy atom. The van der Waals surface area contributed by atoms with Crippen LogP contribution in [-0.2, 0) is 10.5 Å².